The summed E-state index contributed by atoms with van der Waals surface area (Å²) in [5, 5.41) is 14.4. The summed E-state index contributed by atoms with van der Waals surface area (Å²) in [6, 6.07) is 4.21. The van der Waals surface area contributed by atoms with E-state index in [1.54, 1.807) is 0 Å². The predicted molar refractivity (Wildman–Crippen MR) is 94.1 cm³/mol. The highest BCUT2D eigenvalue weighted by Crippen LogP contribution is 2.30. The van der Waals surface area contributed by atoms with E-state index in [9.17, 15) is 14.9 Å². The molecule has 1 unspecified atom stereocenters. The van der Waals surface area contributed by atoms with Crippen LogP contribution in [0.5, 0.6) is 5.75 Å². The van der Waals surface area contributed by atoms with Gasteiger partial charge < -0.3 is 15.0 Å². The summed E-state index contributed by atoms with van der Waals surface area (Å²) in [4.78, 5) is 24.4. The molecule has 0 bridgehead atoms. The lowest BCUT2D eigenvalue weighted by Crippen LogP contribution is -2.31. The van der Waals surface area contributed by atoms with Gasteiger partial charge in [-0.2, -0.15) is 0 Å². The first-order valence-corrected chi connectivity index (χ1v) is 7.88. The molecular weight excluding hydrogens is 357 g/mol. The lowest BCUT2D eigenvalue weighted by molar-refractivity contribution is -0.385. The Morgan fingerprint density at radius 1 is 1.54 bits per heavy atom. The van der Waals surface area contributed by atoms with Crippen LogP contribution in [0, 0.1) is 16.0 Å². The molecule has 2 rings (SSSR count). The number of carbonyl (C=O) groups is 1. The molecule has 0 aliphatic carbocycles. The van der Waals surface area contributed by atoms with E-state index in [4.69, 9.17) is 16.3 Å². The fraction of sp³-hybridized carbons (Fsp3) is 0.533. The Hall–Kier alpha value is -1.57. The van der Waals surface area contributed by atoms with Gasteiger partial charge in [0.15, 0.2) is 5.75 Å². The molecule has 1 heterocycles. The van der Waals surface area contributed by atoms with E-state index in [1.165, 1.54) is 18.2 Å². The van der Waals surface area contributed by atoms with Crippen LogP contribution in [-0.2, 0) is 4.79 Å². The zero-order chi connectivity index (χ0) is 16.8. The molecule has 1 saturated heterocycles. The average Bonchev–Trinajstić information content (AvgIpc) is 2.97. The van der Waals surface area contributed by atoms with Crippen molar-refractivity contribution in [2.45, 2.75) is 12.8 Å². The number of benzene rings is 1. The molecule has 1 amide bonds. The summed E-state index contributed by atoms with van der Waals surface area (Å²) in [5.74, 6) is 0.629. The van der Waals surface area contributed by atoms with Crippen LogP contribution in [0.3, 0.4) is 0 Å². The summed E-state index contributed by atoms with van der Waals surface area (Å²) >= 11 is 5.74. The van der Waals surface area contributed by atoms with Gasteiger partial charge in [0.25, 0.3) is 0 Å². The Labute approximate surface area is 151 Å². The maximum atomic E-state index is 12.1. The molecule has 7 nitrogen and oxygen atoms in total. The van der Waals surface area contributed by atoms with Gasteiger partial charge >= 0.3 is 5.69 Å². The summed E-state index contributed by atoms with van der Waals surface area (Å²) < 4.78 is 5.40. The average molecular weight is 378 g/mol. The van der Waals surface area contributed by atoms with Crippen molar-refractivity contribution in [1.82, 2.24) is 10.2 Å². The maximum absolute atomic E-state index is 12.1. The zero-order valence-corrected chi connectivity index (χ0v) is 14.9. The summed E-state index contributed by atoms with van der Waals surface area (Å²) in [6.07, 6.45) is 1.20. The molecule has 1 aliphatic rings. The van der Waals surface area contributed by atoms with Crippen LogP contribution in [0.25, 0.3) is 0 Å². The van der Waals surface area contributed by atoms with E-state index < -0.39 is 4.92 Å². The molecular formula is C15H21Cl2N3O4. The second-order valence-electron chi connectivity index (χ2n) is 5.52. The van der Waals surface area contributed by atoms with Crippen molar-refractivity contribution in [1.29, 1.82) is 0 Å². The van der Waals surface area contributed by atoms with Crippen molar-refractivity contribution in [3.8, 4) is 5.75 Å². The highest BCUT2D eigenvalue weighted by molar-refractivity contribution is 6.30. The third-order valence-corrected chi connectivity index (χ3v) is 4.06. The number of nitro benzene ring substituents is 1. The number of likely N-dealkylation sites (tertiary alicyclic amines) is 1. The summed E-state index contributed by atoms with van der Waals surface area (Å²) in [5.41, 5.74) is -0.194. The fourth-order valence-corrected chi connectivity index (χ4v) is 2.84. The SMILES string of the molecule is CNCC1CCN(C(=O)CCOc2ccc(Cl)cc2[N+](=O)[O-])C1.Cl. The number of nitrogens with one attached hydrogen (secondary N) is 1. The van der Waals surface area contributed by atoms with Gasteiger partial charge in [0.05, 0.1) is 18.0 Å². The summed E-state index contributed by atoms with van der Waals surface area (Å²) in [7, 11) is 1.90. The Bertz CT molecular complexity index is 586. The highest BCUT2D eigenvalue weighted by Gasteiger charge is 2.25. The Morgan fingerprint density at radius 2 is 2.29 bits per heavy atom. The smallest absolute Gasteiger partial charge is 0.312 e. The second kappa shape index (κ2) is 9.66. The van der Waals surface area contributed by atoms with Crippen LogP contribution in [0.2, 0.25) is 5.02 Å². The quantitative estimate of drug-likeness (QED) is 0.582. The van der Waals surface area contributed by atoms with Gasteiger partial charge in [-0.3, -0.25) is 14.9 Å². The fourth-order valence-electron chi connectivity index (χ4n) is 2.68. The lowest BCUT2D eigenvalue weighted by atomic mass is 10.1. The largest absolute Gasteiger partial charge is 0.486 e. The van der Waals surface area contributed by atoms with Gasteiger partial charge in [-0.25, -0.2) is 0 Å². The Balaban J connectivity index is 0.00000288. The molecule has 0 spiro atoms. The highest BCUT2D eigenvalue weighted by atomic mass is 35.5. The van der Waals surface area contributed by atoms with Gasteiger partial charge in [0, 0.05) is 24.2 Å². The van der Waals surface area contributed by atoms with Crippen LogP contribution in [0.4, 0.5) is 5.69 Å². The minimum atomic E-state index is -0.550. The monoisotopic (exact) mass is 377 g/mol. The molecule has 0 radical (unpaired) electrons. The molecule has 1 fully saturated rings. The van der Waals surface area contributed by atoms with Crippen LogP contribution < -0.4 is 10.1 Å². The van der Waals surface area contributed by atoms with Crippen molar-refractivity contribution < 1.29 is 14.5 Å². The molecule has 1 atom stereocenters. The number of ether oxygens (including phenoxy) is 1. The van der Waals surface area contributed by atoms with Gasteiger partial charge in [0.1, 0.15) is 0 Å². The van der Waals surface area contributed by atoms with E-state index >= 15 is 0 Å². The van der Waals surface area contributed by atoms with Gasteiger partial charge in [0.2, 0.25) is 5.91 Å². The van der Waals surface area contributed by atoms with Crippen molar-refractivity contribution in [3.63, 3.8) is 0 Å². The number of carbonyl (C=O) groups excluding carboxylic acids is 1. The first-order chi connectivity index (χ1) is 11.0. The van der Waals surface area contributed by atoms with E-state index in [-0.39, 0.29) is 47.8 Å². The van der Waals surface area contributed by atoms with Crippen LogP contribution in [0.15, 0.2) is 18.2 Å². The topological polar surface area (TPSA) is 84.7 Å². The first-order valence-electron chi connectivity index (χ1n) is 7.50. The minimum Gasteiger partial charge on any atom is -0.486 e. The van der Waals surface area contributed by atoms with Crippen LogP contribution in [0.1, 0.15) is 12.8 Å². The zero-order valence-electron chi connectivity index (χ0n) is 13.4. The molecule has 1 aromatic carbocycles. The lowest BCUT2D eigenvalue weighted by Gasteiger charge is -2.16. The number of rotatable bonds is 7. The molecule has 24 heavy (non-hydrogen) atoms. The molecule has 0 aromatic heterocycles. The number of nitro groups is 1. The van der Waals surface area contributed by atoms with Crippen molar-refractivity contribution in [2.24, 2.45) is 5.92 Å². The Morgan fingerprint density at radius 3 is 2.96 bits per heavy atom. The number of nitrogens with zero attached hydrogens (tertiary/aromatic N) is 2. The molecule has 1 N–H and O–H groups in total. The molecule has 1 aromatic rings. The molecule has 9 heteroatoms. The van der Waals surface area contributed by atoms with E-state index in [2.05, 4.69) is 5.32 Å². The van der Waals surface area contributed by atoms with Gasteiger partial charge in [-0.05, 0) is 38.1 Å². The Kier molecular flexibility index (Phi) is 8.24. The first kappa shape index (κ1) is 20.5. The predicted octanol–water partition coefficient (Wildman–Crippen LogP) is 2.51. The molecule has 0 saturated carbocycles. The van der Waals surface area contributed by atoms with Crippen LogP contribution >= 0.6 is 24.0 Å². The maximum Gasteiger partial charge on any atom is 0.312 e. The number of hydrogen-bond donors (Lipinski definition) is 1. The third kappa shape index (κ3) is 5.51. The third-order valence-electron chi connectivity index (χ3n) is 3.82. The van der Waals surface area contributed by atoms with E-state index in [0.29, 0.717) is 5.92 Å². The van der Waals surface area contributed by atoms with Gasteiger partial charge in [-0.15, -0.1) is 12.4 Å². The minimum absolute atomic E-state index is 0. The number of halogens is 2. The standard InChI is InChI=1S/C15H20ClN3O4.ClH/c1-17-9-11-4-6-18(10-11)15(20)5-7-23-14-3-2-12(16)8-13(14)19(21)22;/h2-3,8,11,17H,4-7,9-10H2,1H3;1H. The van der Waals surface area contributed by atoms with E-state index in [0.717, 1.165) is 26.1 Å². The normalized spacial score (nSPS) is 16.6. The van der Waals surface area contributed by atoms with Crippen LogP contribution in [-0.4, -0.2) is 49.0 Å². The number of amides is 1. The molecule has 134 valence electrons. The van der Waals surface area contributed by atoms with Crippen molar-refractivity contribution in [2.75, 3.05) is 33.3 Å². The molecule has 1 aliphatic heterocycles. The van der Waals surface area contributed by atoms with Crippen molar-refractivity contribution >= 4 is 35.6 Å². The van der Waals surface area contributed by atoms with Gasteiger partial charge in [-0.1, -0.05) is 11.6 Å². The van der Waals surface area contributed by atoms with Crippen molar-refractivity contribution in [3.05, 3.63) is 33.3 Å². The number of hydrogen-bond acceptors (Lipinski definition) is 5. The van der Waals surface area contributed by atoms with E-state index in [1.807, 2.05) is 11.9 Å². The second-order valence-corrected chi connectivity index (χ2v) is 5.96. The summed E-state index contributed by atoms with van der Waals surface area (Å²) in [6.45, 7) is 2.51.